The third-order valence-electron chi connectivity index (χ3n) is 4.85. The van der Waals surface area contributed by atoms with Crippen LogP contribution >= 0.6 is 11.6 Å². The first-order valence-electron chi connectivity index (χ1n) is 10.2. The number of Topliss-reactive ketones (excluding diaryl/α,β-unsaturated/α-hetero) is 1. The second-order valence-electron chi connectivity index (χ2n) is 8.59. The van der Waals surface area contributed by atoms with Crippen LogP contribution in [-0.4, -0.2) is 35.5 Å². The quantitative estimate of drug-likeness (QED) is 0.710. The van der Waals surface area contributed by atoms with Crippen molar-refractivity contribution in [2.75, 3.05) is 0 Å². The number of ether oxygens (including phenoxy) is 1. The van der Waals surface area contributed by atoms with Gasteiger partial charge in [0.25, 0.3) is 5.91 Å². The molecule has 29 heavy (non-hydrogen) atoms. The van der Waals surface area contributed by atoms with Crippen LogP contribution in [0.4, 0.5) is 4.79 Å². The van der Waals surface area contributed by atoms with Crippen molar-refractivity contribution in [2.45, 2.75) is 83.9 Å². The fourth-order valence-electron chi connectivity index (χ4n) is 3.38. The van der Waals surface area contributed by atoms with Gasteiger partial charge in [-0.05, 0) is 52.2 Å². The molecule has 2 amide bonds. The molecule has 1 fully saturated rings. The smallest absolute Gasteiger partial charge is 0.408 e. The number of carbonyl (C=O) groups excluding carboxylic acids is 3. The molecule has 0 heterocycles. The Bertz CT molecular complexity index is 752. The standard InChI is InChI=1S/C22H31ClN2O4/c1-14(24-21(28)29-22(2,3)4)18(26)13-15-9-8-12-17(23)19(15)20(27)25-16-10-6-5-7-11-16/h8-9,12,14,16H,5-7,10-11,13H2,1-4H3,(H,24,28)(H,25,27)/t14-/m0/s1. The second-order valence-corrected chi connectivity index (χ2v) is 9.00. The van der Waals surface area contributed by atoms with E-state index in [1.165, 1.54) is 6.42 Å². The molecular weight excluding hydrogens is 392 g/mol. The van der Waals surface area contributed by atoms with Gasteiger partial charge in [0, 0.05) is 12.5 Å². The van der Waals surface area contributed by atoms with Gasteiger partial charge >= 0.3 is 6.09 Å². The minimum atomic E-state index is -0.752. The summed E-state index contributed by atoms with van der Waals surface area (Å²) in [6.07, 6.45) is 4.66. The predicted molar refractivity (Wildman–Crippen MR) is 113 cm³/mol. The van der Waals surface area contributed by atoms with E-state index in [4.69, 9.17) is 16.3 Å². The zero-order chi connectivity index (χ0) is 21.6. The summed E-state index contributed by atoms with van der Waals surface area (Å²) in [6, 6.07) is 4.48. The molecule has 0 aliphatic heterocycles. The van der Waals surface area contributed by atoms with E-state index in [-0.39, 0.29) is 24.2 Å². The van der Waals surface area contributed by atoms with Crippen molar-refractivity contribution >= 4 is 29.4 Å². The third-order valence-corrected chi connectivity index (χ3v) is 5.16. The Kier molecular flexibility index (Phi) is 8.08. The average molecular weight is 423 g/mol. The van der Waals surface area contributed by atoms with Crippen LogP contribution in [0.1, 0.15) is 75.7 Å². The van der Waals surface area contributed by atoms with E-state index in [2.05, 4.69) is 10.6 Å². The Balaban J connectivity index is 2.06. The number of benzene rings is 1. The summed E-state index contributed by atoms with van der Waals surface area (Å²) >= 11 is 6.30. The molecule has 7 heteroatoms. The fraction of sp³-hybridized carbons (Fsp3) is 0.591. The molecule has 1 aliphatic rings. The number of hydrogen-bond acceptors (Lipinski definition) is 4. The summed E-state index contributed by atoms with van der Waals surface area (Å²) < 4.78 is 5.19. The van der Waals surface area contributed by atoms with Gasteiger partial charge in [-0.15, -0.1) is 0 Å². The SMILES string of the molecule is C[C@H](NC(=O)OC(C)(C)C)C(=O)Cc1cccc(Cl)c1C(=O)NC1CCCCC1. The number of alkyl carbamates (subject to hydrolysis) is 1. The molecule has 1 aliphatic carbocycles. The van der Waals surface area contributed by atoms with Crippen molar-refractivity contribution in [3.05, 3.63) is 34.3 Å². The molecule has 0 spiro atoms. The first kappa shape index (κ1) is 23.2. The molecule has 0 bridgehead atoms. The number of nitrogens with one attached hydrogen (secondary N) is 2. The number of amides is 2. The highest BCUT2D eigenvalue weighted by Crippen LogP contribution is 2.23. The summed E-state index contributed by atoms with van der Waals surface area (Å²) in [5.74, 6) is -0.483. The lowest BCUT2D eigenvalue weighted by molar-refractivity contribution is -0.120. The summed E-state index contributed by atoms with van der Waals surface area (Å²) in [6.45, 7) is 6.85. The summed E-state index contributed by atoms with van der Waals surface area (Å²) in [4.78, 5) is 37.4. The molecule has 0 saturated heterocycles. The Morgan fingerprint density at radius 2 is 1.83 bits per heavy atom. The molecule has 0 radical (unpaired) electrons. The van der Waals surface area contributed by atoms with Crippen molar-refractivity contribution in [2.24, 2.45) is 0 Å². The number of rotatable bonds is 6. The number of ketones is 1. The molecule has 0 aromatic heterocycles. The molecule has 1 aromatic carbocycles. The molecule has 0 unspecified atom stereocenters. The maximum atomic E-state index is 12.8. The molecule has 2 rings (SSSR count). The van der Waals surface area contributed by atoms with Crippen LogP contribution in [0.15, 0.2) is 18.2 Å². The zero-order valence-corrected chi connectivity index (χ0v) is 18.4. The van der Waals surface area contributed by atoms with E-state index in [1.807, 2.05) is 0 Å². The lowest BCUT2D eigenvalue weighted by Gasteiger charge is -2.24. The Labute approximate surface area is 177 Å². The van der Waals surface area contributed by atoms with Crippen molar-refractivity contribution in [3.8, 4) is 0 Å². The van der Waals surface area contributed by atoms with Gasteiger partial charge in [0.05, 0.1) is 16.6 Å². The second kappa shape index (κ2) is 10.1. The van der Waals surface area contributed by atoms with E-state index in [0.717, 1.165) is 25.7 Å². The van der Waals surface area contributed by atoms with Gasteiger partial charge in [-0.1, -0.05) is 43.0 Å². The molecule has 2 N–H and O–H groups in total. The van der Waals surface area contributed by atoms with Crippen LogP contribution in [0, 0.1) is 0 Å². The first-order chi connectivity index (χ1) is 13.6. The van der Waals surface area contributed by atoms with E-state index in [0.29, 0.717) is 16.1 Å². The number of carbonyl (C=O) groups is 3. The van der Waals surface area contributed by atoms with Gasteiger partial charge < -0.3 is 15.4 Å². The van der Waals surface area contributed by atoms with Gasteiger partial charge in [0.15, 0.2) is 5.78 Å². The van der Waals surface area contributed by atoms with Gasteiger partial charge in [-0.3, -0.25) is 9.59 Å². The van der Waals surface area contributed by atoms with E-state index < -0.39 is 17.7 Å². The molecule has 1 aromatic rings. The molecular formula is C22H31ClN2O4. The predicted octanol–water partition coefficient (Wildman–Crippen LogP) is 4.43. The zero-order valence-electron chi connectivity index (χ0n) is 17.6. The Morgan fingerprint density at radius 1 is 1.17 bits per heavy atom. The topological polar surface area (TPSA) is 84.5 Å². The van der Waals surface area contributed by atoms with Gasteiger partial charge in [0.2, 0.25) is 0 Å². The van der Waals surface area contributed by atoms with Crippen LogP contribution < -0.4 is 10.6 Å². The van der Waals surface area contributed by atoms with E-state index in [9.17, 15) is 14.4 Å². The largest absolute Gasteiger partial charge is 0.444 e. The van der Waals surface area contributed by atoms with E-state index >= 15 is 0 Å². The van der Waals surface area contributed by atoms with Crippen molar-refractivity contribution in [1.29, 1.82) is 0 Å². The Hall–Kier alpha value is -2.08. The van der Waals surface area contributed by atoms with Gasteiger partial charge in [-0.2, -0.15) is 0 Å². The molecule has 6 nitrogen and oxygen atoms in total. The van der Waals surface area contributed by atoms with Crippen LogP contribution in [0.3, 0.4) is 0 Å². The van der Waals surface area contributed by atoms with Crippen molar-refractivity contribution in [1.82, 2.24) is 10.6 Å². The Morgan fingerprint density at radius 3 is 2.45 bits per heavy atom. The van der Waals surface area contributed by atoms with Gasteiger partial charge in [-0.25, -0.2) is 4.79 Å². The molecule has 1 saturated carbocycles. The highest BCUT2D eigenvalue weighted by Gasteiger charge is 2.25. The summed E-state index contributed by atoms with van der Waals surface area (Å²) in [5.41, 5.74) is 0.232. The minimum Gasteiger partial charge on any atom is -0.444 e. The third kappa shape index (κ3) is 7.35. The summed E-state index contributed by atoms with van der Waals surface area (Å²) in [7, 11) is 0. The van der Waals surface area contributed by atoms with Crippen molar-refractivity contribution in [3.63, 3.8) is 0 Å². The summed E-state index contributed by atoms with van der Waals surface area (Å²) in [5, 5.41) is 5.91. The number of halogens is 1. The first-order valence-corrected chi connectivity index (χ1v) is 10.5. The lowest BCUT2D eigenvalue weighted by atomic mass is 9.94. The van der Waals surface area contributed by atoms with Crippen LogP contribution in [-0.2, 0) is 16.0 Å². The van der Waals surface area contributed by atoms with Gasteiger partial charge in [0.1, 0.15) is 5.60 Å². The highest BCUT2D eigenvalue weighted by molar-refractivity contribution is 6.34. The van der Waals surface area contributed by atoms with Crippen LogP contribution in [0.5, 0.6) is 0 Å². The highest BCUT2D eigenvalue weighted by atomic mass is 35.5. The van der Waals surface area contributed by atoms with Crippen LogP contribution in [0.25, 0.3) is 0 Å². The maximum Gasteiger partial charge on any atom is 0.408 e. The monoisotopic (exact) mass is 422 g/mol. The fourth-order valence-corrected chi connectivity index (χ4v) is 3.66. The minimum absolute atomic E-state index is 0.00898. The van der Waals surface area contributed by atoms with Crippen molar-refractivity contribution < 1.29 is 19.1 Å². The average Bonchev–Trinajstić information content (AvgIpc) is 2.60. The van der Waals surface area contributed by atoms with E-state index in [1.54, 1.807) is 45.9 Å². The van der Waals surface area contributed by atoms with Crippen LogP contribution in [0.2, 0.25) is 5.02 Å². The maximum absolute atomic E-state index is 12.8. The lowest BCUT2D eigenvalue weighted by Crippen LogP contribution is -2.42. The normalized spacial score (nSPS) is 16.0. The molecule has 160 valence electrons. The number of hydrogen-bond donors (Lipinski definition) is 2. The molecule has 1 atom stereocenters.